The van der Waals surface area contributed by atoms with Crippen molar-refractivity contribution in [2.45, 2.75) is 117 Å². The molecule has 1 heterocycles. The van der Waals surface area contributed by atoms with Crippen LogP contribution in [0.15, 0.2) is 42.5 Å². The Morgan fingerprint density at radius 1 is 0.873 bits per heavy atom. The van der Waals surface area contributed by atoms with Gasteiger partial charge in [0.15, 0.2) is 0 Å². The molecule has 0 radical (unpaired) electrons. The average Bonchev–Trinajstić information content (AvgIpc) is 3.52. The van der Waals surface area contributed by atoms with Crippen LogP contribution < -0.4 is 9.44 Å². The zero-order chi connectivity index (χ0) is 39.8. The molecule has 302 valence electrons. The molecule has 2 aromatic carbocycles. The molecule has 1 saturated heterocycles. The Morgan fingerprint density at radius 3 is 2.15 bits per heavy atom. The molecule has 4 saturated carbocycles. The summed E-state index contributed by atoms with van der Waals surface area (Å²) in [5.74, 6) is -0.211. The van der Waals surface area contributed by atoms with Gasteiger partial charge in [0.2, 0.25) is 6.10 Å². The highest BCUT2D eigenvalue weighted by molar-refractivity contribution is 7.90. The number of esters is 4. The van der Waals surface area contributed by atoms with Gasteiger partial charge in [-0.1, -0.05) is 37.3 Å². The third-order valence-electron chi connectivity index (χ3n) is 13.0. The van der Waals surface area contributed by atoms with Gasteiger partial charge >= 0.3 is 23.9 Å². The molecule has 4 aliphatic carbocycles. The van der Waals surface area contributed by atoms with E-state index in [0.717, 1.165) is 36.5 Å². The first-order valence-corrected chi connectivity index (χ1v) is 21.4. The minimum Gasteiger partial charge on any atom is -0.465 e. The fourth-order valence-electron chi connectivity index (χ4n) is 10.0. The highest BCUT2D eigenvalue weighted by Gasteiger charge is 2.59. The molecule has 12 nitrogen and oxygen atoms in total. The van der Waals surface area contributed by atoms with Gasteiger partial charge in [0.1, 0.15) is 5.60 Å². The first-order valence-electron chi connectivity index (χ1n) is 19.9. The second-order valence-corrected chi connectivity index (χ2v) is 19.5. The molecule has 2 N–H and O–H groups in total. The van der Waals surface area contributed by atoms with Crippen molar-refractivity contribution < 1.29 is 46.5 Å². The first kappa shape index (κ1) is 40.9. The second-order valence-electron chi connectivity index (χ2n) is 18.0. The summed E-state index contributed by atoms with van der Waals surface area (Å²) in [6, 6.07) is 12.9. The molecule has 0 aromatic heterocycles. The maximum atomic E-state index is 14.3. The van der Waals surface area contributed by atoms with Crippen LogP contribution in [0.1, 0.15) is 106 Å². The summed E-state index contributed by atoms with van der Waals surface area (Å²) >= 11 is 0. The van der Waals surface area contributed by atoms with Crippen LogP contribution in [0.25, 0.3) is 10.8 Å². The molecule has 7 rings (SSSR count). The molecule has 13 heteroatoms. The molecule has 3 atom stereocenters. The molecular weight excluding hydrogens is 725 g/mol. The van der Waals surface area contributed by atoms with E-state index in [9.17, 15) is 27.6 Å². The van der Waals surface area contributed by atoms with Gasteiger partial charge in [-0.3, -0.25) is 19.1 Å². The largest absolute Gasteiger partial charge is 0.465 e. The van der Waals surface area contributed by atoms with E-state index in [1.807, 2.05) is 44.2 Å². The van der Waals surface area contributed by atoms with Gasteiger partial charge in [-0.15, -0.1) is 0 Å². The molecule has 0 spiro atoms. The van der Waals surface area contributed by atoms with Crippen molar-refractivity contribution in [3.05, 3.63) is 42.5 Å². The van der Waals surface area contributed by atoms with Crippen LogP contribution in [0, 0.1) is 39.9 Å². The SMILES string of the molecule is CCC(C)(CC(C)(CC(C)(C)C(=O)OCCCNS(=O)(=O)Nc1ccc2ccccc2c1)C(=O)OC1CCOC1=O)C(=O)OC1(C)C2CC3CC(C2)CC1C3. The Balaban J connectivity index is 1.08. The molecule has 5 aliphatic rings. The van der Waals surface area contributed by atoms with Gasteiger partial charge in [0.25, 0.3) is 10.2 Å². The lowest BCUT2D eigenvalue weighted by atomic mass is 9.50. The van der Waals surface area contributed by atoms with E-state index in [-0.39, 0.29) is 51.4 Å². The van der Waals surface area contributed by atoms with Crippen molar-refractivity contribution in [1.82, 2.24) is 4.72 Å². The number of ether oxygens (including phenoxy) is 4. The van der Waals surface area contributed by atoms with E-state index < -0.39 is 56.1 Å². The molecule has 0 amide bonds. The van der Waals surface area contributed by atoms with Crippen LogP contribution in [0.5, 0.6) is 0 Å². The minimum atomic E-state index is -3.89. The van der Waals surface area contributed by atoms with Crippen LogP contribution in [0.3, 0.4) is 0 Å². The zero-order valence-corrected chi connectivity index (χ0v) is 33.9. The molecule has 1 aliphatic heterocycles. The number of cyclic esters (lactones) is 1. The summed E-state index contributed by atoms with van der Waals surface area (Å²) in [5.41, 5.74) is -3.87. The first-order chi connectivity index (χ1) is 25.8. The van der Waals surface area contributed by atoms with Crippen LogP contribution >= 0.6 is 0 Å². The number of fused-ring (bicyclic) bond motifs is 1. The summed E-state index contributed by atoms with van der Waals surface area (Å²) in [6.45, 7) is 10.9. The van der Waals surface area contributed by atoms with Crippen LogP contribution in [0.2, 0.25) is 0 Å². The maximum absolute atomic E-state index is 14.3. The number of hydrogen-bond donors (Lipinski definition) is 2. The summed E-state index contributed by atoms with van der Waals surface area (Å²) < 4.78 is 53.4. The predicted molar refractivity (Wildman–Crippen MR) is 207 cm³/mol. The Kier molecular flexibility index (Phi) is 11.7. The second kappa shape index (κ2) is 15.7. The van der Waals surface area contributed by atoms with E-state index in [0.29, 0.717) is 35.8 Å². The van der Waals surface area contributed by atoms with Crippen molar-refractivity contribution in [1.29, 1.82) is 0 Å². The summed E-state index contributed by atoms with van der Waals surface area (Å²) in [6.07, 6.45) is 5.30. The summed E-state index contributed by atoms with van der Waals surface area (Å²) in [4.78, 5) is 54.4. The lowest BCUT2D eigenvalue weighted by molar-refractivity contribution is -0.214. The number of nitrogens with one attached hydrogen (secondary N) is 2. The minimum absolute atomic E-state index is 0.0110. The molecule has 3 unspecified atom stereocenters. The molecule has 5 fully saturated rings. The summed E-state index contributed by atoms with van der Waals surface area (Å²) in [7, 11) is -3.89. The Hall–Kier alpha value is -3.71. The molecule has 4 bridgehead atoms. The Morgan fingerprint density at radius 2 is 1.53 bits per heavy atom. The molecule has 55 heavy (non-hydrogen) atoms. The number of rotatable bonds is 17. The van der Waals surface area contributed by atoms with Crippen LogP contribution in [-0.4, -0.2) is 63.8 Å². The zero-order valence-electron chi connectivity index (χ0n) is 33.1. The van der Waals surface area contributed by atoms with Gasteiger partial charge in [-0.25, -0.2) is 4.79 Å². The van der Waals surface area contributed by atoms with E-state index in [1.165, 1.54) is 6.42 Å². The smallest absolute Gasteiger partial charge is 0.347 e. The Labute approximate surface area is 325 Å². The standard InChI is InChI=1S/C42H58N2O10S/c1-7-40(4,38(48)54-42(6)31-20-27-19-28(22-31)23-32(42)21-27)26-41(5,37(47)53-34-15-18-51-35(34)45)25-39(2,3)36(46)52-17-10-16-43-55(49,50)44-33-14-13-29-11-8-9-12-30(29)24-33/h8-9,11-14,24,27-28,31-32,34,43-44H,7,10,15-23,25-26H2,1-6H3. The van der Waals surface area contributed by atoms with Gasteiger partial charge in [0.05, 0.1) is 35.1 Å². The van der Waals surface area contributed by atoms with Crippen molar-refractivity contribution in [3.63, 3.8) is 0 Å². The van der Waals surface area contributed by atoms with Gasteiger partial charge in [-0.2, -0.15) is 13.1 Å². The van der Waals surface area contributed by atoms with Crippen molar-refractivity contribution in [3.8, 4) is 0 Å². The van der Waals surface area contributed by atoms with E-state index in [2.05, 4.69) is 16.4 Å². The van der Waals surface area contributed by atoms with Crippen molar-refractivity contribution in [2.24, 2.45) is 39.9 Å². The van der Waals surface area contributed by atoms with Gasteiger partial charge in [-0.05, 0) is 139 Å². The van der Waals surface area contributed by atoms with E-state index in [4.69, 9.17) is 18.9 Å². The fourth-order valence-corrected chi connectivity index (χ4v) is 10.9. The van der Waals surface area contributed by atoms with Crippen LogP contribution in [0.4, 0.5) is 5.69 Å². The number of hydrogen-bond acceptors (Lipinski definition) is 10. The van der Waals surface area contributed by atoms with E-state index in [1.54, 1.807) is 32.9 Å². The monoisotopic (exact) mass is 782 g/mol. The Bertz CT molecular complexity index is 1870. The topological polar surface area (TPSA) is 163 Å². The quantitative estimate of drug-likeness (QED) is 0.0984. The van der Waals surface area contributed by atoms with Crippen molar-refractivity contribution in [2.75, 3.05) is 24.5 Å². The highest BCUT2D eigenvalue weighted by Crippen LogP contribution is 2.60. The lowest BCUT2D eigenvalue weighted by Crippen LogP contribution is -2.59. The van der Waals surface area contributed by atoms with Gasteiger partial charge in [0, 0.05) is 13.0 Å². The lowest BCUT2D eigenvalue weighted by Gasteiger charge is -2.59. The van der Waals surface area contributed by atoms with Gasteiger partial charge < -0.3 is 18.9 Å². The number of carbonyl (C=O) groups is 4. The normalized spacial score (nSPS) is 28.2. The third kappa shape index (κ3) is 8.98. The number of benzene rings is 2. The van der Waals surface area contributed by atoms with E-state index >= 15 is 0 Å². The number of carbonyl (C=O) groups excluding carboxylic acids is 4. The maximum Gasteiger partial charge on any atom is 0.347 e. The number of anilines is 1. The third-order valence-corrected chi connectivity index (χ3v) is 14.1. The highest BCUT2D eigenvalue weighted by atomic mass is 32.2. The fraction of sp³-hybridized carbons (Fsp3) is 0.667. The van der Waals surface area contributed by atoms with Crippen LogP contribution in [-0.2, 0) is 48.3 Å². The summed E-state index contributed by atoms with van der Waals surface area (Å²) in [5, 5.41) is 1.89. The predicted octanol–water partition coefficient (Wildman–Crippen LogP) is 6.87. The van der Waals surface area contributed by atoms with Crippen molar-refractivity contribution >= 4 is 50.5 Å². The molecule has 2 aromatic rings. The average molecular weight is 783 g/mol. The molecular formula is C42H58N2O10S.